The van der Waals surface area contributed by atoms with Crippen LogP contribution in [0.2, 0.25) is 0 Å². The van der Waals surface area contributed by atoms with Crippen molar-refractivity contribution in [3.05, 3.63) is 82.9 Å². The molecule has 3 heterocycles. The Bertz CT molecular complexity index is 1750. The van der Waals surface area contributed by atoms with Gasteiger partial charge in [-0.3, -0.25) is 14.6 Å². The number of nitrogens with zero attached hydrogens (tertiary/aromatic N) is 2. The van der Waals surface area contributed by atoms with Gasteiger partial charge in [-0.05, 0) is 67.9 Å². The van der Waals surface area contributed by atoms with Crippen molar-refractivity contribution in [2.45, 2.75) is 31.0 Å². The number of pyridine rings is 2. The molecule has 0 radical (unpaired) electrons. The van der Waals surface area contributed by atoms with Crippen LogP contribution in [0.15, 0.2) is 54.7 Å². The second-order valence-electron chi connectivity index (χ2n) is 10.3. The molecule has 9 nitrogen and oxygen atoms in total. The van der Waals surface area contributed by atoms with Gasteiger partial charge in [0.15, 0.2) is 0 Å². The van der Waals surface area contributed by atoms with E-state index in [1.165, 1.54) is 31.3 Å². The molecule has 2 aromatic heterocycles. The number of primary amides is 1. The SMILES string of the molecule is Cc1cnc2c(O)cc(C(=O)NC[C@](O)(c3cc4c(c(-c5ccc(F)cc5)n3)OC[C@]4(C)C(N)=O)C(F)(F)F)cc2c1. The lowest BCUT2D eigenvalue weighted by Gasteiger charge is -2.31. The molecule has 2 amide bonds. The third-order valence-corrected chi connectivity index (χ3v) is 7.29. The van der Waals surface area contributed by atoms with Gasteiger partial charge in [0.05, 0.1) is 12.2 Å². The molecule has 13 heteroatoms. The van der Waals surface area contributed by atoms with E-state index in [0.29, 0.717) is 5.39 Å². The highest BCUT2D eigenvalue weighted by atomic mass is 19.4. The fourth-order valence-electron chi connectivity index (χ4n) is 4.72. The van der Waals surface area contributed by atoms with Gasteiger partial charge in [0.1, 0.15) is 40.5 Å². The molecule has 218 valence electrons. The highest BCUT2D eigenvalue weighted by molar-refractivity contribution is 6.00. The summed E-state index contributed by atoms with van der Waals surface area (Å²) in [6.07, 6.45) is -3.87. The summed E-state index contributed by atoms with van der Waals surface area (Å²) < 4.78 is 63.0. The smallest absolute Gasteiger partial charge is 0.424 e. The fourth-order valence-corrected chi connectivity index (χ4v) is 4.72. The van der Waals surface area contributed by atoms with Crippen molar-refractivity contribution in [3.63, 3.8) is 0 Å². The molecule has 4 aromatic rings. The number of nitrogens with two attached hydrogens (primary N) is 1. The Balaban J connectivity index is 1.59. The lowest BCUT2D eigenvalue weighted by atomic mass is 9.81. The van der Waals surface area contributed by atoms with Crippen molar-refractivity contribution in [3.8, 4) is 22.8 Å². The standard InChI is InChI=1S/C29H24F4N4O5/c1-14-7-16-8-17(9-20(38)22(16)35-11-14)25(39)36-12-28(41,29(31,32)33)21-10-19-24(42-13-27(19,2)26(34)40)23(37-21)15-3-5-18(30)6-4-15/h3-11,38,41H,12-13H2,1-2H3,(H2,34,40)(H,36,39)/t27-,28-/m0/s1. The summed E-state index contributed by atoms with van der Waals surface area (Å²) in [4.78, 5) is 33.5. The summed E-state index contributed by atoms with van der Waals surface area (Å²) in [6, 6.07) is 9.51. The van der Waals surface area contributed by atoms with Gasteiger partial charge in [0.2, 0.25) is 11.5 Å². The monoisotopic (exact) mass is 584 g/mol. The first-order valence-corrected chi connectivity index (χ1v) is 12.6. The molecular formula is C29H24F4N4O5. The number of hydrogen-bond acceptors (Lipinski definition) is 7. The average molecular weight is 585 g/mol. The van der Waals surface area contributed by atoms with E-state index >= 15 is 0 Å². The number of phenols is 1. The van der Waals surface area contributed by atoms with Crippen LogP contribution in [-0.2, 0) is 15.8 Å². The van der Waals surface area contributed by atoms with Gasteiger partial charge in [0, 0.05) is 28.3 Å². The third-order valence-electron chi connectivity index (χ3n) is 7.29. The summed E-state index contributed by atoms with van der Waals surface area (Å²) in [5, 5.41) is 23.9. The first-order chi connectivity index (χ1) is 19.6. The Hall–Kier alpha value is -4.78. The topological polar surface area (TPSA) is 148 Å². The number of phenolic OH excluding ortho intramolecular Hbond substituents is 1. The minimum atomic E-state index is -5.38. The molecule has 0 aliphatic carbocycles. The molecular weight excluding hydrogens is 560 g/mol. The predicted molar refractivity (Wildman–Crippen MR) is 142 cm³/mol. The molecule has 1 aliphatic rings. The Morgan fingerprint density at radius 3 is 2.48 bits per heavy atom. The summed E-state index contributed by atoms with van der Waals surface area (Å²) >= 11 is 0. The van der Waals surface area contributed by atoms with Crippen molar-refractivity contribution in [2.75, 3.05) is 13.2 Å². The largest absolute Gasteiger partial charge is 0.506 e. The maximum atomic E-state index is 14.6. The van der Waals surface area contributed by atoms with E-state index in [4.69, 9.17) is 10.5 Å². The first kappa shape index (κ1) is 28.7. The van der Waals surface area contributed by atoms with Crippen LogP contribution >= 0.6 is 0 Å². The molecule has 2 aromatic carbocycles. The molecule has 0 unspecified atom stereocenters. The van der Waals surface area contributed by atoms with E-state index in [1.807, 2.05) is 0 Å². The highest BCUT2D eigenvalue weighted by Gasteiger charge is 2.57. The average Bonchev–Trinajstić information content (AvgIpc) is 3.28. The second kappa shape index (κ2) is 9.94. The molecule has 0 bridgehead atoms. The Morgan fingerprint density at radius 2 is 1.83 bits per heavy atom. The molecule has 0 saturated heterocycles. The zero-order chi connectivity index (χ0) is 30.6. The van der Waals surface area contributed by atoms with Crippen LogP contribution in [0.4, 0.5) is 17.6 Å². The zero-order valence-electron chi connectivity index (χ0n) is 22.2. The molecule has 1 aliphatic heterocycles. The van der Waals surface area contributed by atoms with Crippen LogP contribution < -0.4 is 15.8 Å². The van der Waals surface area contributed by atoms with E-state index in [1.54, 1.807) is 13.0 Å². The minimum Gasteiger partial charge on any atom is -0.506 e. The van der Waals surface area contributed by atoms with Crippen molar-refractivity contribution in [1.29, 1.82) is 0 Å². The van der Waals surface area contributed by atoms with Crippen LogP contribution in [-0.4, -0.2) is 51.3 Å². The summed E-state index contributed by atoms with van der Waals surface area (Å²) in [6.45, 7) is 1.41. The van der Waals surface area contributed by atoms with Gasteiger partial charge >= 0.3 is 6.18 Å². The van der Waals surface area contributed by atoms with Gasteiger partial charge in [-0.15, -0.1) is 0 Å². The number of aromatic nitrogens is 2. The molecule has 0 saturated carbocycles. The predicted octanol–water partition coefficient (Wildman–Crippen LogP) is 3.77. The second-order valence-corrected chi connectivity index (χ2v) is 10.3. The molecule has 0 spiro atoms. The number of halogens is 4. The van der Waals surface area contributed by atoms with Gasteiger partial charge in [-0.2, -0.15) is 13.2 Å². The fraction of sp³-hybridized carbons (Fsp3) is 0.241. The number of carbonyl (C=O) groups is 2. The molecule has 0 fully saturated rings. The maximum Gasteiger partial charge on any atom is 0.424 e. The first-order valence-electron chi connectivity index (χ1n) is 12.6. The number of rotatable bonds is 6. The third kappa shape index (κ3) is 4.75. The quantitative estimate of drug-likeness (QED) is 0.252. The van der Waals surface area contributed by atoms with Crippen LogP contribution in [0.25, 0.3) is 22.2 Å². The highest BCUT2D eigenvalue weighted by Crippen LogP contribution is 2.47. The number of nitrogens with one attached hydrogen (secondary N) is 1. The van der Waals surface area contributed by atoms with Crippen molar-refractivity contribution in [2.24, 2.45) is 5.73 Å². The lowest BCUT2D eigenvalue weighted by Crippen LogP contribution is -2.51. The number of aromatic hydroxyl groups is 1. The van der Waals surface area contributed by atoms with E-state index < -0.39 is 47.1 Å². The van der Waals surface area contributed by atoms with Gasteiger partial charge in [-0.25, -0.2) is 9.37 Å². The number of hydrogen-bond donors (Lipinski definition) is 4. The lowest BCUT2D eigenvalue weighted by molar-refractivity contribution is -0.265. The minimum absolute atomic E-state index is 0.0456. The number of alkyl halides is 3. The Labute approximate surface area is 236 Å². The number of amides is 2. The van der Waals surface area contributed by atoms with Crippen LogP contribution in [0.1, 0.15) is 34.1 Å². The maximum absolute atomic E-state index is 14.6. The summed E-state index contributed by atoms with van der Waals surface area (Å²) in [7, 11) is 0. The number of ether oxygens (including phenoxy) is 1. The molecule has 5 N–H and O–H groups in total. The number of benzene rings is 2. The molecule has 2 atom stereocenters. The number of aliphatic hydroxyl groups is 1. The number of carbonyl (C=O) groups excluding carboxylic acids is 2. The number of fused-ring (bicyclic) bond motifs is 2. The van der Waals surface area contributed by atoms with Gasteiger partial charge < -0.3 is 26.0 Å². The van der Waals surface area contributed by atoms with E-state index in [0.717, 1.165) is 29.8 Å². The molecule has 42 heavy (non-hydrogen) atoms. The van der Waals surface area contributed by atoms with E-state index in [9.17, 15) is 37.4 Å². The van der Waals surface area contributed by atoms with Crippen molar-refractivity contribution in [1.82, 2.24) is 15.3 Å². The normalized spacial score (nSPS) is 17.8. The van der Waals surface area contributed by atoms with Gasteiger partial charge in [0.25, 0.3) is 5.91 Å². The zero-order valence-corrected chi connectivity index (χ0v) is 22.2. The summed E-state index contributed by atoms with van der Waals surface area (Å²) in [5.74, 6) is -2.95. The van der Waals surface area contributed by atoms with Crippen LogP contribution in [0.3, 0.4) is 0 Å². The Morgan fingerprint density at radius 1 is 1.14 bits per heavy atom. The van der Waals surface area contributed by atoms with Gasteiger partial charge in [-0.1, -0.05) is 0 Å². The Kier molecular flexibility index (Phi) is 6.80. The van der Waals surface area contributed by atoms with Crippen molar-refractivity contribution >= 4 is 22.7 Å². The van der Waals surface area contributed by atoms with E-state index in [2.05, 4.69) is 15.3 Å². The van der Waals surface area contributed by atoms with E-state index in [-0.39, 0.29) is 46.0 Å². The van der Waals surface area contributed by atoms with Crippen LogP contribution in [0, 0.1) is 12.7 Å². The van der Waals surface area contributed by atoms with Crippen molar-refractivity contribution < 1.29 is 42.1 Å². The van der Waals surface area contributed by atoms with Crippen LogP contribution in [0.5, 0.6) is 11.5 Å². The molecule has 5 rings (SSSR count). The summed E-state index contributed by atoms with van der Waals surface area (Å²) in [5.41, 5.74) is -0.0902. The number of aryl methyl sites for hydroxylation is 1.